The minimum absolute atomic E-state index is 0.156. The Morgan fingerprint density at radius 3 is 2.65 bits per heavy atom. The van der Waals surface area contributed by atoms with E-state index < -0.39 is 5.79 Å². The molecule has 1 aromatic carbocycles. The lowest BCUT2D eigenvalue weighted by atomic mass is 9.91. The zero-order valence-electron chi connectivity index (χ0n) is 11.9. The molecule has 1 saturated carbocycles. The van der Waals surface area contributed by atoms with Crippen LogP contribution in [0.1, 0.15) is 44.1 Å². The number of rotatable bonds is 6. The largest absolute Gasteiger partial charge is 0.362 e. The van der Waals surface area contributed by atoms with Gasteiger partial charge in [-0.25, -0.2) is 0 Å². The second-order valence-corrected chi connectivity index (χ2v) is 6.79. The number of nitrogens with two attached hydrogens (primary N) is 1. The molecule has 0 amide bonds. The molecule has 0 saturated heterocycles. The summed E-state index contributed by atoms with van der Waals surface area (Å²) in [4.78, 5) is 1.11. The molecule has 0 unspecified atom stereocenters. The van der Waals surface area contributed by atoms with Crippen LogP contribution in [0.25, 0.3) is 0 Å². The molecule has 4 N–H and O–H groups in total. The van der Waals surface area contributed by atoms with Gasteiger partial charge in [-0.15, -0.1) is 11.8 Å². The third-order valence-corrected chi connectivity index (χ3v) is 5.23. The number of aliphatic hydroxyl groups is 2. The SMILES string of the molecule is NCCC(O)(O)c1cccc(SCC2CCCCC2)c1. The molecule has 0 spiro atoms. The third kappa shape index (κ3) is 4.48. The number of hydrogen-bond acceptors (Lipinski definition) is 4. The van der Waals surface area contributed by atoms with Crippen LogP contribution in [0, 0.1) is 5.92 Å². The Morgan fingerprint density at radius 1 is 1.20 bits per heavy atom. The van der Waals surface area contributed by atoms with Gasteiger partial charge in [-0.05, 0) is 37.4 Å². The van der Waals surface area contributed by atoms with Crippen LogP contribution >= 0.6 is 11.8 Å². The van der Waals surface area contributed by atoms with Gasteiger partial charge < -0.3 is 15.9 Å². The summed E-state index contributed by atoms with van der Waals surface area (Å²) >= 11 is 1.82. The summed E-state index contributed by atoms with van der Waals surface area (Å²) in [6.07, 6.45) is 6.93. The smallest absolute Gasteiger partial charge is 0.191 e. The Bertz CT molecular complexity index is 417. The second kappa shape index (κ2) is 7.46. The molecule has 20 heavy (non-hydrogen) atoms. The maximum absolute atomic E-state index is 9.99. The van der Waals surface area contributed by atoms with E-state index in [0.29, 0.717) is 5.56 Å². The standard InChI is InChI=1S/C16H25NO2S/c17-10-9-16(18,19)14-7-4-8-15(11-14)20-12-13-5-2-1-3-6-13/h4,7-8,11,13,18-19H,1-3,5-6,9-10,12,17H2. The Labute approximate surface area is 125 Å². The molecule has 0 radical (unpaired) electrons. The van der Waals surface area contributed by atoms with Gasteiger partial charge in [0.1, 0.15) is 0 Å². The summed E-state index contributed by atoms with van der Waals surface area (Å²) in [7, 11) is 0. The molecule has 0 atom stereocenters. The summed E-state index contributed by atoms with van der Waals surface area (Å²) in [5, 5.41) is 20.0. The van der Waals surface area contributed by atoms with Crippen LogP contribution in [0.4, 0.5) is 0 Å². The van der Waals surface area contributed by atoms with Gasteiger partial charge >= 0.3 is 0 Å². The van der Waals surface area contributed by atoms with Crippen molar-refractivity contribution in [3.63, 3.8) is 0 Å². The molecular weight excluding hydrogens is 270 g/mol. The predicted octanol–water partition coefficient (Wildman–Crippen LogP) is 2.85. The summed E-state index contributed by atoms with van der Waals surface area (Å²) in [5.41, 5.74) is 5.96. The Morgan fingerprint density at radius 2 is 1.95 bits per heavy atom. The van der Waals surface area contributed by atoms with Crippen LogP contribution in [0.3, 0.4) is 0 Å². The summed E-state index contributed by atoms with van der Waals surface area (Å²) in [6, 6.07) is 7.55. The average Bonchev–Trinajstić information content (AvgIpc) is 2.46. The normalized spacial score (nSPS) is 17.4. The van der Waals surface area contributed by atoms with Crippen molar-refractivity contribution in [3.05, 3.63) is 29.8 Å². The maximum Gasteiger partial charge on any atom is 0.191 e. The molecule has 2 rings (SSSR count). The lowest BCUT2D eigenvalue weighted by Crippen LogP contribution is -2.28. The maximum atomic E-state index is 9.99. The topological polar surface area (TPSA) is 66.5 Å². The zero-order chi connectivity index (χ0) is 14.4. The van der Waals surface area contributed by atoms with Gasteiger partial charge in [-0.1, -0.05) is 31.4 Å². The third-order valence-electron chi connectivity index (χ3n) is 4.00. The highest BCUT2D eigenvalue weighted by molar-refractivity contribution is 7.99. The fourth-order valence-electron chi connectivity index (χ4n) is 2.75. The van der Waals surface area contributed by atoms with E-state index >= 15 is 0 Å². The highest BCUT2D eigenvalue weighted by Gasteiger charge is 2.25. The minimum Gasteiger partial charge on any atom is -0.362 e. The molecule has 1 aromatic rings. The van der Waals surface area contributed by atoms with E-state index in [4.69, 9.17) is 5.73 Å². The molecule has 1 fully saturated rings. The van der Waals surface area contributed by atoms with E-state index in [1.807, 2.05) is 30.0 Å². The first-order valence-corrected chi connectivity index (χ1v) is 8.48. The molecule has 0 bridgehead atoms. The first kappa shape index (κ1) is 15.8. The van der Waals surface area contributed by atoms with Gasteiger partial charge in [0.05, 0.1) is 0 Å². The lowest BCUT2D eigenvalue weighted by Gasteiger charge is -2.23. The first-order chi connectivity index (χ1) is 9.62. The molecule has 1 aliphatic carbocycles. The zero-order valence-corrected chi connectivity index (χ0v) is 12.7. The van der Waals surface area contributed by atoms with Crippen molar-refractivity contribution < 1.29 is 10.2 Å². The summed E-state index contributed by atoms with van der Waals surface area (Å²) in [6.45, 7) is 0.256. The fraction of sp³-hybridized carbons (Fsp3) is 0.625. The lowest BCUT2D eigenvalue weighted by molar-refractivity contribution is -0.172. The van der Waals surface area contributed by atoms with Gasteiger partial charge in [-0.2, -0.15) is 0 Å². The van der Waals surface area contributed by atoms with Crippen molar-refractivity contribution >= 4 is 11.8 Å². The van der Waals surface area contributed by atoms with E-state index in [9.17, 15) is 10.2 Å². The Hall–Kier alpha value is -0.550. The van der Waals surface area contributed by atoms with Gasteiger partial charge in [0.15, 0.2) is 5.79 Å². The van der Waals surface area contributed by atoms with Crippen LogP contribution in [0.2, 0.25) is 0 Å². The van der Waals surface area contributed by atoms with Gasteiger partial charge in [0.2, 0.25) is 0 Å². The highest BCUT2D eigenvalue weighted by atomic mass is 32.2. The van der Waals surface area contributed by atoms with Gasteiger partial charge in [0, 0.05) is 22.6 Å². The predicted molar refractivity (Wildman–Crippen MR) is 83.5 cm³/mol. The monoisotopic (exact) mass is 295 g/mol. The van der Waals surface area contributed by atoms with Crippen LogP contribution in [0.15, 0.2) is 29.2 Å². The number of thioether (sulfide) groups is 1. The van der Waals surface area contributed by atoms with Gasteiger partial charge in [0.25, 0.3) is 0 Å². The van der Waals surface area contributed by atoms with Crippen molar-refractivity contribution in [2.75, 3.05) is 12.3 Å². The van der Waals surface area contributed by atoms with Crippen LogP contribution in [-0.4, -0.2) is 22.5 Å². The van der Waals surface area contributed by atoms with E-state index in [0.717, 1.165) is 16.6 Å². The van der Waals surface area contributed by atoms with Crippen LogP contribution < -0.4 is 5.73 Å². The van der Waals surface area contributed by atoms with E-state index in [1.54, 1.807) is 6.07 Å². The number of hydrogen-bond donors (Lipinski definition) is 3. The minimum atomic E-state index is -1.81. The van der Waals surface area contributed by atoms with Crippen molar-refractivity contribution in [1.82, 2.24) is 0 Å². The van der Waals surface area contributed by atoms with E-state index in [-0.39, 0.29) is 13.0 Å². The fourth-order valence-corrected chi connectivity index (χ4v) is 3.89. The molecule has 3 nitrogen and oxygen atoms in total. The Kier molecular flexibility index (Phi) is 5.90. The van der Waals surface area contributed by atoms with Crippen LogP contribution in [0.5, 0.6) is 0 Å². The Balaban J connectivity index is 1.95. The number of benzene rings is 1. The van der Waals surface area contributed by atoms with E-state index in [2.05, 4.69) is 0 Å². The molecule has 1 aliphatic rings. The van der Waals surface area contributed by atoms with Gasteiger partial charge in [-0.3, -0.25) is 0 Å². The molecule has 0 aromatic heterocycles. The van der Waals surface area contributed by atoms with E-state index in [1.165, 1.54) is 32.1 Å². The van der Waals surface area contributed by atoms with Crippen molar-refractivity contribution in [2.45, 2.75) is 49.2 Å². The van der Waals surface area contributed by atoms with Crippen molar-refractivity contribution in [1.29, 1.82) is 0 Å². The average molecular weight is 295 g/mol. The molecule has 0 heterocycles. The van der Waals surface area contributed by atoms with Crippen LogP contribution in [-0.2, 0) is 5.79 Å². The molecule has 112 valence electrons. The molecule has 0 aliphatic heterocycles. The molecule has 4 heteroatoms. The second-order valence-electron chi connectivity index (χ2n) is 5.70. The van der Waals surface area contributed by atoms with Crippen molar-refractivity contribution in [2.24, 2.45) is 11.7 Å². The van der Waals surface area contributed by atoms with Crippen molar-refractivity contribution in [3.8, 4) is 0 Å². The summed E-state index contributed by atoms with van der Waals surface area (Å²) < 4.78 is 0. The summed E-state index contributed by atoms with van der Waals surface area (Å²) in [5.74, 6) is 0.134. The first-order valence-electron chi connectivity index (χ1n) is 7.50. The highest BCUT2D eigenvalue weighted by Crippen LogP contribution is 2.31. The quantitative estimate of drug-likeness (QED) is 0.558. The molecular formula is C16H25NO2S.